The van der Waals surface area contributed by atoms with Crippen LogP contribution < -0.4 is 0 Å². The molecule has 0 aromatic heterocycles. The number of carbonyl (C=O) groups is 3. The lowest BCUT2D eigenvalue weighted by Crippen LogP contribution is -2.43. The van der Waals surface area contributed by atoms with E-state index in [0.717, 1.165) is 11.1 Å². The van der Waals surface area contributed by atoms with Crippen LogP contribution in [0.2, 0.25) is 0 Å². The van der Waals surface area contributed by atoms with Crippen LogP contribution >= 0.6 is 0 Å². The molecule has 0 spiro atoms. The molecule has 0 aliphatic rings. The van der Waals surface area contributed by atoms with Gasteiger partial charge >= 0.3 is 17.9 Å². The second-order valence-corrected chi connectivity index (χ2v) is 6.60. The summed E-state index contributed by atoms with van der Waals surface area (Å²) in [4.78, 5) is 35.3. The van der Waals surface area contributed by atoms with Crippen molar-refractivity contribution in [2.75, 3.05) is 13.2 Å². The Morgan fingerprint density at radius 1 is 0.724 bits per heavy atom. The van der Waals surface area contributed by atoms with E-state index in [2.05, 4.69) is 0 Å². The number of aliphatic hydroxyl groups is 1. The lowest BCUT2D eigenvalue weighted by Gasteiger charge is -2.21. The van der Waals surface area contributed by atoms with Gasteiger partial charge in [-0.2, -0.15) is 0 Å². The van der Waals surface area contributed by atoms with E-state index in [1.165, 1.54) is 0 Å². The molecule has 7 nitrogen and oxygen atoms in total. The first-order chi connectivity index (χ1) is 13.9. The zero-order chi connectivity index (χ0) is 21.1. The van der Waals surface area contributed by atoms with E-state index >= 15 is 0 Å². The molecular weight excluding hydrogens is 376 g/mol. The van der Waals surface area contributed by atoms with Gasteiger partial charge in [-0.25, -0.2) is 4.79 Å². The molecule has 0 atom stereocenters. The second-order valence-electron chi connectivity index (χ2n) is 6.60. The summed E-state index contributed by atoms with van der Waals surface area (Å²) in [5.41, 5.74) is -0.667. The van der Waals surface area contributed by atoms with E-state index in [-0.39, 0.29) is 13.2 Å². The van der Waals surface area contributed by atoms with Crippen molar-refractivity contribution in [3.8, 4) is 0 Å². The monoisotopic (exact) mass is 400 g/mol. The molecule has 0 fully saturated rings. The van der Waals surface area contributed by atoms with Crippen molar-refractivity contribution < 1.29 is 34.1 Å². The number of carbonyl (C=O) groups excluding carboxylic acids is 2. The summed E-state index contributed by atoms with van der Waals surface area (Å²) < 4.78 is 10.00. The fourth-order valence-electron chi connectivity index (χ4n) is 2.65. The van der Waals surface area contributed by atoms with E-state index < -0.39 is 36.4 Å². The van der Waals surface area contributed by atoms with Crippen LogP contribution in [0.4, 0.5) is 0 Å². The highest BCUT2D eigenvalue weighted by Gasteiger charge is 2.42. The minimum absolute atomic E-state index is 0.0417. The van der Waals surface area contributed by atoms with Gasteiger partial charge in [0.15, 0.2) is 5.60 Å². The normalized spacial score (nSPS) is 10.9. The largest absolute Gasteiger partial charge is 0.479 e. The topological polar surface area (TPSA) is 110 Å². The van der Waals surface area contributed by atoms with Crippen LogP contribution in [0.3, 0.4) is 0 Å². The molecule has 0 radical (unpaired) electrons. The summed E-state index contributed by atoms with van der Waals surface area (Å²) in [5, 5.41) is 19.5. The van der Waals surface area contributed by atoms with Gasteiger partial charge in [0, 0.05) is 12.8 Å². The van der Waals surface area contributed by atoms with Crippen LogP contribution in [0.1, 0.15) is 24.0 Å². The summed E-state index contributed by atoms with van der Waals surface area (Å²) in [6.45, 7) is 0.0835. The van der Waals surface area contributed by atoms with Gasteiger partial charge in [-0.1, -0.05) is 60.7 Å². The molecule has 0 aliphatic heterocycles. The first-order valence-electron chi connectivity index (χ1n) is 9.24. The minimum atomic E-state index is -2.58. The van der Waals surface area contributed by atoms with E-state index in [1.807, 2.05) is 60.7 Å². The molecule has 2 rings (SSSR count). The van der Waals surface area contributed by atoms with Gasteiger partial charge in [-0.3, -0.25) is 9.59 Å². The number of carboxylic acids is 1. The Hall–Kier alpha value is -3.19. The van der Waals surface area contributed by atoms with Crippen LogP contribution in [0.25, 0.3) is 0 Å². The predicted octanol–water partition coefficient (Wildman–Crippen LogP) is 2.15. The molecule has 0 amide bonds. The average Bonchev–Trinajstić information content (AvgIpc) is 2.69. The van der Waals surface area contributed by atoms with Gasteiger partial charge in [0.25, 0.3) is 0 Å². The molecule has 0 unspecified atom stereocenters. The second kappa shape index (κ2) is 11.0. The van der Waals surface area contributed by atoms with Gasteiger partial charge in [-0.05, 0) is 11.1 Å². The summed E-state index contributed by atoms with van der Waals surface area (Å²) in [6.07, 6.45) is -0.769. The highest BCUT2D eigenvalue weighted by Crippen LogP contribution is 2.18. The summed E-state index contributed by atoms with van der Waals surface area (Å²) in [5.74, 6) is -3.48. The zero-order valence-corrected chi connectivity index (χ0v) is 16.0. The van der Waals surface area contributed by atoms with E-state index in [4.69, 9.17) is 9.47 Å². The Labute approximate surface area is 168 Å². The highest BCUT2D eigenvalue weighted by molar-refractivity contribution is 5.89. The van der Waals surface area contributed by atoms with Crippen molar-refractivity contribution in [3.05, 3.63) is 71.8 Å². The number of aliphatic carboxylic acids is 1. The third kappa shape index (κ3) is 7.75. The molecule has 154 valence electrons. The van der Waals surface area contributed by atoms with Crippen molar-refractivity contribution in [1.29, 1.82) is 0 Å². The van der Waals surface area contributed by atoms with Crippen LogP contribution in [0.5, 0.6) is 0 Å². The Morgan fingerprint density at radius 3 is 1.45 bits per heavy atom. The van der Waals surface area contributed by atoms with Crippen molar-refractivity contribution in [1.82, 2.24) is 0 Å². The first kappa shape index (κ1) is 22.1. The smallest absolute Gasteiger partial charge is 0.336 e. The standard InChI is InChI=1S/C22H24O7/c23-19(28-13-11-17-7-3-1-4-8-17)15-22(27,21(25)26)16-20(24)29-14-12-18-9-5-2-6-10-18/h1-10,27H,11-16H2,(H,25,26). The van der Waals surface area contributed by atoms with Gasteiger partial charge in [-0.15, -0.1) is 0 Å². The minimum Gasteiger partial charge on any atom is -0.479 e. The van der Waals surface area contributed by atoms with Crippen molar-refractivity contribution in [2.24, 2.45) is 0 Å². The molecule has 0 saturated heterocycles. The number of esters is 2. The molecule has 2 aromatic carbocycles. The van der Waals surface area contributed by atoms with E-state index in [1.54, 1.807) is 0 Å². The maximum absolute atomic E-state index is 11.9. The van der Waals surface area contributed by atoms with Crippen LogP contribution in [-0.4, -0.2) is 46.9 Å². The Morgan fingerprint density at radius 2 is 1.10 bits per heavy atom. The van der Waals surface area contributed by atoms with Crippen LogP contribution in [0, 0.1) is 0 Å². The third-order valence-corrected chi connectivity index (χ3v) is 4.26. The highest BCUT2D eigenvalue weighted by atomic mass is 16.5. The number of hydrogen-bond donors (Lipinski definition) is 2. The summed E-state index contributed by atoms with van der Waals surface area (Å²) in [7, 11) is 0. The van der Waals surface area contributed by atoms with Crippen molar-refractivity contribution in [3.63, 3.8) is 0 Å². The average molecular weight is 400 g/mol. The van der Waals surface area contributed by atoms with Crippen LogP contribution in [0.15, 0.2) is 60.7 Å². The molecule has 0 aliphatic carbocycles. The molecule has 0 saturated carbocycles. The quantitative estimate of drug-likeness (QED) is 0.556. The lowest BCUT2D eigenvalue weighted by molar-refractivity contribution is -0.173. The molecule has 2 aromatic rings. The van der Waals surface area contributed by atoms with Crippen molar-refractivity contribution >= 4 is 17.9 Å². The fraction of sp³-hybridized carbons (Fsp3) is 0.318. The molecule has 7 heteroatoms. The number of benzene rings is 2. The summed E-state index contributed by atoms with van der Waals surface area (Å²) in [6, 6.07) is 18.6. The summed E-state index contributed by atoms with van der Waals surface area (Å²) >= 11 is 0. The number of rotatable bonds is 11. The third-order valence-electron chi connectivity index (χ3n) is 4.26. The fourth-order valence-corrected chi connectivity index (χ4v) is 2.65. The SMILES string of the molecule is O=C(CC(O)(CC(=O)OCCc1ccccc1)C(=O)O)OCCc1ccccc1. The van der Waals surface area contributed by atoms with Gasteiger partial charge in [0.2, 0.25) is 0 Å². The van der Waals surface area contributed by atoms with Gasteiger partial charge in [0.05, 0.1) is 26.1 Å². The Balaban J connectivity index is 1.78. The Kier molecular flexibility index (Phi) is 8.36. The van der Waals surface area contributed by atoms with Crippen LogP contribution in [-0.2, 0) is 36.7 Å². The lowest BCUT2D eigenvalue weighted by atomic mass is 9.96. The molecular formula is C22H24O7. The zero-order valence-electron chi connectivity index (χ0n) is 16.0. The predicted molar refractivity (Wildman–Crippen MR) is 104 cm³/mol. The maximum Gasteiger partial charge on any atom is 0.336 e. The molecule has 29 heavy (non-hydrogen) atoms. The van der Waals surface area contributed by atoms with Crippen molar-refractivity contribution in [2.45, 2.75) is 31.3 Å². The van der Waals surface area contributed by atoms with Gasteiger partial charge in [0.1, 0.15) is 0 Å². The van der Waals surface area contributed by atoms with Gasteiger partial charge < -0.3 is 19.7 Å². The molecule has 0 heterocycles. The van der Waals surface area contributed by atoms with E-state index in [9.17, 15) is 24.6 Å². The number of hydrogen-bond acceptors (Lipinski definition) is 6. The number of ether oxygens (including phenoxy) is 2. The van der Waals surface area contributed by atoms with E-state index in [0.29, 0.717) is 12.8 Å². The number of carboxylic acid groups (broad SMARTS) is 1. The maximum atomic E-state index is 11.9. The first-order valence-corrected chi connectivity index (χ1v) is 9.24. The molecule has 2 N–H and O–H groups in total. The Bertz CT molecular complexity index is 743. The molecule has 0 bridgehead atoms.